The first-order chi connectivity index (χ1) is 8.58. The monoisotopic (exact) mass is 267 g/mol. The van der Waals surface area contributed by atoms with Gasteiger partial charge in [0.15, 0.2) is 0 Å². The average molecular weight is 268 g/mol. The lowest BCUT2D eigenvalue weighted by atomic mass is 10.2. The Balaban J connectivity index is 2.03. The maximum Gasteiger partial charge on any atom is 0.128 e. The summed E-state index contributed by atoms with van der Waals surface area (Å²) in [6, 6.07) is 6.79. The molecule has 0 fully saturated rings. The minimum Gasteiger partial charge on any atom is -0.321 e. The molecular formula is C13H15ClFN3. The first-order valence-electron chi connectivity index (χ1n) is 5.66. The van der Waals surface area contributed by atoms with Crippen LogP contribution in [-0.4, -0.2) is 21.5 Å². The van der Waals surface area contributed by atoms with Gasteiger partial charge in [-0.1, -0.05) is 29.8 Å². The van der Waals surface area contributed by atoms with E-state index >= 15 is 0 Å². The van der Waals surface area contributed by atoms with E-state index in [9.17, 15) is 4.39 Å². The topological polar surface area (TPSA) is 21.1 Å². The molecule has 2 aromatic rings. The van der Waals surface area contributed by atoms with Gasteiger partial charge in [0.25, 0.3) is 0 Å². The van der Waals surface area contributed by atoms with Crippen LogP contribution >= 0.6 is 11.6 Å². The minimum atomic E-state index is -0.178. The maximum absolute atomic E-state index is 13.5. The first-order valence-corrected chi connectivity index (χ1v) is 6.03. The summed E-state index contributed by atoms with van der Waals surface area (Å²) in [6.45, 7) is 1.16. The van der Waals surface area contributed by atoms with Gasteiger partial charge in [0.2, 0.25) is 0 Å². The van der Waals surface area contributed by atoms with Gasteiger partial charge in [-0.2, -0.15) is 0 Å². The van der Waals surface area contributed by atoms with E-state index in [1.54, 1.807) is 18.3 Å². The van der Waals surface area contributed by atoms with Gasteiger partial charge >= 0.3 is 0 Å². The number of benzene rings is 1. The number of imidazole rings is 1. The molecular weight excluding hydrogens is 253 g/mol. The van der Waals surface area contributed by atoms with Gasteiger partial charge in [0, 0.05) is 19.2 Å². The quantitative estimate of drug-likeness (QED) is 0.849. The van der Waals surface area contributed by atoms with Crippen LogP contribution < -0.4 is 0 Å². The molecule has 0 aliphatic carbocycles. The summed E-state index contributed by atoms with van der Waals surface area (Å²) < 4.78 is 15.3. The molecule has 0 bridgehead atoms. The highest BCUT2D eigenvalue weighted by Gasteiger charge is 2.09. The number of hydrogen-bond acceptors (Lipinski definition) is 2. The van der Waals surface area contributed by atoms with Crippen LogP contribution in [0.25, 0.3) is 0 Å². The van der Waals surface area contributed by atoms with Crippen molar-refractivity contribution in [2.75, 3.05) is 7.05 Å². The van der Waals surface area contributed by atoms with Crippen LogP contribution in [0.5, 0.6) is 0 Å². The number of nitrogens with zero attached hydrogens (tertiary/aromatic N) is 3. The molecule has 0 aliphatic heterocycles. The molecule has 0 N–H and O–H groups in total. The molecule has 0 amide bonds. The van der Waals surface area contributed by atoms with Gasteiger partial charge in [-0.15, -0.1) is 0 Å². The fraction of sp³-hybridized carbons (Fsp3) is 0.308. The van der Waals surface area contributed by atoms with E-state index in [1.807, 2.05) is 29.6 Å². The van der Waals surface area contributed by atoms with Crippen LogP contribution in [0, 0.1) is 5.82 Å². The molecule has 3 nitrogen and oxygen atoms in total. The van der Waals surface area contributed by atoms with Crippen molar-refractivity contribution in [1.82, 2.24) is 14.5 Å². The lowest BCUT2D eigenvalue weighted by Crippen LogP contribution is -2.20. The highest BCUT2D eigenvalue weighted by Crippen LogP contribution is 2.13. The second-order valence-electron chi connectivity index (χ2n) is 4.32. The predicted octanol–water partition coefficient (Wildman–Crippen LogP) is 2.84. The van der Waals surface area contributed by atoms with E-state index < -0.39 is 0 Å². The molecule has 0 spiro atoms. The maximum atomic E-state index is 13.5. The normalized spacial score (nSPS) is 11.2. The van der Waals surface area contributed by atoms with E-state index in [1.165, 1.54) is 6.07 Å². The summed E-state index contributed by atoms with van der Waals surface area (Å²) >= 11 is 5.92. The van der Waals surface area contributed by atoms with E-state index in [-0.39, 0.29) is 5.82 Å². The standard InChI is InChI=1S/C13H15ClFN3/c1-17(8-10-5-3-4-6-11(10)15)9-13-16-7-12(14)18(13)2/h3-7H,8-9H2,1-2H3. The van der Waals surface area contributed by atoms with Crippen molar-refractivity contribution in [1.29, 1.82) is 0 Å². The summed E-state index contributed by atoms with van der Waals surface area (Å²) in [5.41, 5.74) is 0.681. The zero-order valence-electron chi connectivity index (χ0n) is 10.4. The molecule has 0 atom stereocenters. The zero-order valence-corrected chi connectivity index (χ0v) is 11.2. The van der Waals surface area contributed by atoms with Crippen molar-refractivity contribution >= 4 is 11.6 Å². The third-order valence-corrected chi connectivity index (χ3v) is 3.19. The Morgan fingerprint density at radius 1 is 1.33 bits per heavy atom. The van der Waals surface area contributed by atoms with Gasteiger partial charge in [-0.3, -0.25) is 4.90 Å². The number of halogens is 2. The summed E-state index contributed by atoms with van der Waals surface area (Å²) in [7, 11) is 3.79. The van der Waals surface area contributed by atoms with Crippen LogP contribution in [0.3, 0.4) is 0 Å². The van der Waals surface area contributed by atoms with Crippen LogP contribution in [0.2, 0.25) is 5.15 Å². The van der Waals surface area contributed by atoms with Crippen LogP contribution in [0.15, 0.2) is 30.5 Å². The van der Waals surface area contributed by atoms with Gasteiger partial charge < -0.3 is 4.57 Å². The highest BCUT2D eigenvalue weighted by atomic mass is 35.5. The molecule has 0 radical (unpaired) electrons. The molecule has 0 saturated heterocycles. The molecule has 1 aromatic carbocycles. The fourth-order valence-electron chi connectivity index (χ4n) is 1.79. The minimum absolute atomic E-state index is 0.178. The second kappa shape index (κ2) is 5.50. The molecule has 5 heteroatoms. The Morgan fingerprint density at radius 3 is 2.67 bits per heavy atom. The lowest BCUT2D eigenvalue weighted by Gasteiger charge is -2.16. The van der Waals surface area contributed by atoms with Crippen molar-refractivity contribution in [2.45, 2.75) is 13.1 Å². The molecule has 1 aromatic heterocycles. The van der Waals surface area contributed by atoms with Crippen molar-refractivity contribution in [3.8, 4) is 0 Å². The van der Waals surface area contributed by atoms with Crippen molar-refractivity contribution in [3.05, 3.63) is 52.8 Å². The summed E-state index contributed by atoms with van der Waals surface area (Å²) in [5, 5.41) is 0.601. The third-order valence-electron chi connectivity index (χ3n) is 2.84. The third kappa shape index (κ3) is 2.89. The Hall–Kier alpha value is -1.39. The van der Waals surface area contributed by atoms with Gasteiger partial charge in [-0.05, 0) is 13.1 Å². The first kappa shape index (κ1) is 13.1. The smallest absolute Gasteiger partial charge is 0.128 e. The summed E-state index contributed by atoms with van der Waals surface area (Å²) in [5.74, 6) is 0.682. The van der Waals surface area contributed by atoms with Gasteiger partial charge in [-0.25, -0.2) is 9.37 Å². The molecule has 0 aliphatic rings. The molecule has 0 saturated carbocycles. The van der Waals surface area contributed by atoms with E-state index in [0.717, 1.165) is 5.82 Å². The van der Waals surface area contributed by atoms with Crippen molar-refractivity contribution in [3.63, 3.8) is 0 Å². The highest BCUT2D eigenvalue weighted by molar-refractivity contribution is 6.29. The summed E-state index contributed by atoms with van der Waals surface area (Å²) in [6.07, 6.45) is 1.62. The number of aromatic nitrogens is 2. The van der Waals surface area contributed by atoms with Crippen molar-refractivity contribution in [2.24, 2.45) is 7.05 Å². The fourth-order valence-corrected chi connectivity index (χ4v) is 1.93. The number of hydrogen-bond donors (Lipinski definition) is 0. The van der Waals surface area contributed by atoms with Crippen LogP contribution in [0.4, 0.5) is 4.39 Å². The Kier molecular flexibility index (Phi) is 3.99. The lowest BCUT2D eigenvalue weighted by molar-refractivity contribution is 0.302. The Morgan fingerprint density at radius 2 is 2.06 bits per heavy atom. The van der Waals surface area contributed by atoms with Crippen LogP contribution in [-0.2, 0) is 20.1 Å². The Bertz CT molecular complexity index is 539. The SMILES string of the molecule is CN(Cc1ccccc1F)Cc1ncc(Cl)n1C. The molecule has 96 valence electrons. The summed E-state index contributed by atoms with van der Waals surface area (Å²) in [4.78, 5) is 6.21. The molecule has 2 rings (SSSR count). The average Bonchev–Trinajstić information content (AvgIpc) is 2.64. The van der Waals surface area contributed by atoms with E-state index in [2.05, 4.69) is 4.98 Å². The zero-order chi connectivity index (χ0) is 13.1. The molecule has 0 unspecified atom stereocenters. The van der Waals surface area contributed by atoms with Crippen LogP contribution in [0.1, 0.15) is 11.4 Å². The second-order valence-corrected chi connectivity index (χ2v) is 4.71. The van der Waals surface area contributed by atoms with E-state index in [4.69, 9.17) is 11.6 Å². The number of rotatable bonds is 4. The van der Waals surface area contributed by atoms with E-state index in [0.29, 0.717) is 23.8 Å². The Labute approximate surface area is 111 Å². The molecule has 1 heterocycles. The van der Waals surface area contributed by atoms with Crippen molar-refractivity contribution < 1.29 is 4.39 Å². The van der Waals surface area contributed by atoms with Gasteiger partial charge in [0.1, 0.15) is 16.8 Å². The largest absolute Gasteiger partial charge is 0.321 e. The van der Waals surface area contributed by atoms with Gasteiger partial charge in [0.05, 0.1) is 12.7 Å². The predicted molar refractivity (Wildman–Crippen MR) is 69.8 cm³/mol. The molecule has 18 heavy (non-hydrogen) atoms.